The molecule has 1 aromatic carbocycles. The first-order chi connectivity index (χ1) is 8.29. The van der Waals surface area contributed by atoms with Gasteiger partial charge in [0.05, 0.1) is 13.2 Å². The van der Waals surface area contributed by atoms with Crippen molar-refractivity contribution >= 4 is 0 Å². The highest BCUT2D eigenvalue weighted by Gasteiger charge is 2.11. The fourth-order valence-electron chi connectivity index (χ4n) is 1.33. The summed E-state index contributed by atoms with van der Waals surface area (Å²) in [6.45, 7) is 5.25. The van der Waals surface area contributed by atoms with Crippen LogP contribution in [0, 0.1) is 11.9 Å². The van der Waals surface area contributed by atoms with Gasteiger partial charge in [0.1, 0.15) is 0 Å². The number of hydrogen-bond acceptors (Lipinski definition) is 2. The predicted molar refractivity (Wildman–Crippen MR) is 66.0 cm³/mol. The fraction of sp³-hybridized carbons (Fsp3) is 0.571. The molecule has 1 radical (unpaired) electrons. The topological polar surface area (TPSA) is 18.5 Å². The van der Waals surface area contributed by atoms with Gasteiger partial charge in [-0.25, -0.2) is 4.39 Å². The highest BCUT2D eigenvalue weighted by atomic mass is 19.1. The van der Waals surface area contributed by atoms with E-state index in [1.54, 1.807) is 6.07 Å². The van der Waals surface area contributed by atoms with Crippen LogP contribution in [0.25, 0.3) is 0 Å². The second kappa shape index (κ2) is 7.93. The molecule has 0 heterocycles. The summed E-state index contributed by atoms with van der Waals surface area (Å²) in [7, 11) is 0. The van der Waals surface area contributed by atoms with E-state index in [0.717, 1.165) is 25.7 Å². The standard InChI is InChI=1S/C14H20FO2/c1-3-5-10-16-13-9-7-8-12(15)14(13)17-11-6-4-2/h7,9H,3-6,10-11H2,1-2H3. The van der Waals surface area contributed by atoms with Gasteiger partial charge in [-0.3, -0.25) is 0 Å². The molecular weight excluding hydrogens is 219 g/mol. The van der Waals surface area contributed by atoms with Gasteiger partial charge < -0.3 is 9.47 Å². The molecule has 1 rings (SSSR count). The van der Waals surface area contributed by atoms with E-state index in [2.05, 4.69) is 19.9 Å². The average molecular weight is 239 g/mol. The van der Waals surface area contributed by atoms with Gasteiger partial charge in [0.2, 0.25) is 0 Å². The van der Waals surface area contributed by atoms with E-state index in [9.17, 15) is 4.39 Å². The van der Waals surface area contributed by atoms with Crippen LogP contribution in [-0.2, 0) is 0 Å². The third-order valence-electron chi connectivity index (χ3n) is 2.37. The van der Waals surface area contributed by atoms with Crippen molar-refractivity contribution in [3.8, 4) is 11.5 Å². The SMILES string of the molecule is CCCCOc1cc[c]c(F)c1OCCCC. The third kappa shape index (κ3) is 4.63. The smallest absolute Gasteiger partial charge is 0.197 e. The van der Waals surface area contributed by atoms with Gasteiger partial charge in [-0.15, -0.1) is 0 Å². The van der Waals surface area contributed by atoms with E-state index < -0.39 is 5.82 Å². The van der Waals surface area contributed by atoms with E-state index in [4.69, 9.17) is 9.47 Å². The molecule has 0 fully saturated rings. The molecule has 0 saturated heterocycles. The molecule has 0 aliphatic carbocycles. The number of rotatable bonds is 8. The normalized spacial score (nSPS) is 10.3. The number of halogens is 1. The Balaban J connectivity index is 2.63. The molecule has 3 heteroatoms. The van der Waals surface area contributed by atoms with Crippen LogP contribution in [0.1, 0.15) is 39.5 Å². The second-order valence-corrected chi connectivity index (χ2v) is 3.89. The van der Waals surface area contributed by atoms with Gasteiger partial charge in [-0.1, -0.05) is 26.7 Å². The number of unbranched alkanes of at least 4 members (excludes halogenated alkanes) is 2. The average Bonchev–Trinajstić information content (AvgIpc) is 2.33. The van der Waals surface area contributed by atoms with Crippen LogP contribution in [0.4, 0.5) is 4.39 Å². The van der Waals surface area contributed by atoms with Gasteiger partial charge >= 0.3 is 0 Å². The molecule has 0 saturated carbocycles. The van der Waals surface area contributed by atoms with Crippen LogP contribution >= 0.6 is 0 Å². The largest absolute Gasteiger partial charge is 0.490 e. The molecule has 17 heavy (non-hydrogen) atoms. The monoisotopic (exact) mass is 239 g/mol. The lowest BCUT2D eigenvalue weighted by Crippen LogP contribution is -2.03. The minimum Gasteiger partial charge on any atom is -0.490 e. The summed E-state index contributed by atoms with van der Waals surface area (Å²) in [5, 5.41) is 0. The Morgan fingerprint density at radius 2 is 1.76 bits per heavy atom. The molecule has 2 nitrogen and oxygen atoms in total. The van der Waals surface area contributed by atoms with E-state index in [1.807, 2.05) is 0 Å². The molecule has 0 spiro atoms. The molecule has 0 aliphatic heterocycles. The van der Waals surface area contributed by atoms with Gasteiger partial charge in [0.15, 0.2) is 17.3 Å². The zero-order valence-corrected chi connectivity index (χ0v) is 10.6. The first-order valence-corrected chi connectivity index (χ1v) is 6.25. The number of hydrogen-bond donors (Lipinski definition) is 0. The predicted octanol–water partition coefficient (Wildman–Crippen LogP) is 3.98. The minimum absolute atomic E-state index is 0.192. The molecular formula is C14H20FO2. The van der Waals surface area contributed by atoms with Gasteiger partial charge in [-0.05, 0) is 25.0 Å². The van der Waals surface area contributed by atoms with Gasteiger partial charge in [0, 0.05) is 6.07 Å². The Morgan fingerprint density at radius 1 is 1.12 bits per heavy atom. The van der Waals surface area contributed by atoms with Crippen molar-refractivity contribution in [3.63, 3.8) is 0 Å². The molecule has 0 aromatic heterocycles. The number of benzene rings is 1. The van der Waals surface area contributed by atoms with Crippen molar-refractivity contribution in [2.75, 3.05) is 13.2 Å². The van der Waals surface area contributed by atoms with Crippen molar-refractivity contribution in [2.45, 2.75) is 39.5 Å². The van der Waals surface area contributed by atoms with Crippen molar-refractivity contribution in [3.05, 3.63) is 24.0 Å². The first kappa shape index (κ1) is 13.8. The summed E-state index contributed by atoms with van der Waals surface area (Å²) in [6, 6.07) is 5.70. The second-order valence-electron chi connectivity index (χ2n) is 3.89. The van der Waals surface area contributed by atoms with Crippen molar-refractivity contribution in [1.29, 1.82) is 0 Å². The quantitative estimate of drug-likeness (QED) is 0.639. The molecule has 95 valence electrons. The lowest BCUT2D eigenvalue weighted by Gasteiger charge is -2.12. The highest BCUT2D eigenvalue weighted by molar-refractivity contribution is 5.40. The lowest BCUT2D eigenvalue weighted by atomic mass is 10.3. The Hall–Kier alpha value is -1.25. The first-order valence-electron chi connectivity index (χ1n) is 6.25. The number of ether oxygens (including phenoxy) is 2. The van der Waals surface area contributed by atoms with Crippen molar-refractivity contribution < 1.29 is 13.9 Å². The van der Waals surface area contributed by atoms with Gasteiger partial charge in [0.25, 0.3) is 0 Å². The minimum atomic E-state index is -0.477. The zero-order valence-electron chi connectivity index (χ0n) is 10.6. The molecule has 0 amide bonds. The van der Waals surface area contributed by atoms with E-state index in [-0.39, 0.29) is 5.75 Å². The van der Waals surface area contributed by atoms with Crippen LogP contribution in [0.5, 0.6) is 11.5 Å². The summed E-state index contributed by atoms with van der Waals surface area (Å²) < 4.78 is 24.4. The molecule has 0 N–H and O–H groups in total. The lowest BCUT2D eigenvalue weighted by molar-refractivity contribution is 0.251. The van der Waals surface area contributed by atoms with Crippen LogP contribution in [0.15, 0.2) is 12.1 Å². The zero-order chi connectivity index (χ0) is 12.5. The third-order valence-corrected chi connectivity index (χ3v) is 2.37. The van der Waals surface area contributed by atoms with Gasteiger partial charge in [-0.2, -0.15) is 0 Å². The molecule has 0 bridgehead atoms. The summed E-state index contributed by atoms with van der Waals surface area (Å²) in [5.74, 6) is 0.193. The maximum absolute atomic E-state index is 13.5. The summed E-state index contributed by atoms with van der Waals surface area (Å²) >= 11 is 0. The molecule has 0 aliphatic rings. The highest BCUT2D eigenvalue weighted by Crippen LogP contribution is 2.30. The van der Waals surface area contributed by atoms with Crippen LogP contribution in [0.2, 0.25) is 0 Å². The molecule has 0 atom stereocenters. The van der Waals surface area contributed by atoms with Crippen molar-refractivity contribution in [1.82, 2.24) is 0 Å². The van der Waals surface area contributed by atoms with E-state index in [1.165, 1.54) is 6.07 Å². The Labute approximate surface area is 103 Å². The van der Waals surface area contributed by atoms with E-state index >= 15 is 0 Å². The molecule has 0 unspecified atom stereocenters. The summed E-state index contributed by atoms with van der Waals surface area (Å²) in [6.07, 6.45) is 3.93. The summed E-state index contributed by atoms with van der Waals surface area (Å²) in [4.78, 5) is 0. The Bertz CT molecular complexity index is 326. The van der Waals surface area contributed by atoms with E-state index in [0.29, 0.717) is 19.0 Å². The fourth-order valence-corrected chi connectivity index (χ4v) is 1.33. The maximum atomic E-state index is 13.5. The Morgan fingerprint density at radius 3 is 2.41 bits per heavy atom. The van der Waals surface area contributed by atoms with Crippen molar-refractivity contribution in [2.24, 2.45) is 0 Å². The summed E-state index contributed by atoms with van der Waals surface area (Å²) in [5.41, 5.74) is 0. The van der Waals surface area contributed by atoms with Crippen LogP contribution in [-0.4, -0.2) is 13.2 Å². The van der Waals surface area contributed by atoms with Crippen LogP contribution < -0.4 is 9.47 Å². The molecule has 1 aromatic rings. The maximum Gasteiger partial charge on any atom is 0.197 e. The Kier molecular flexibility index (Phi) is 6.45. The van der Waals surface area contributed by atoms with Crippen LogP contribution in [0.3, 0.4) is 0 Å².